The van der Waals surface area contributed by atoms with E-state index in [0.717, 1.165) is 6.07 Å². The molecule has 0 spiro atoms. The van der Waals surface area contributed by atoms with Crippen LogP contribution in [-0.4, -0.2) is 26.8 Å². The highest BCUT2D eigenvalue weighted by Gasteiger charge is 2.34. The second-order valence-corrected chi connectivity index (χ2v) is 4.36. The summed E-state index contributed by atoms with van der Waals surface area (Å²) >= 11 is 0. The molecule has 1 aliphatic heterocycles. The number of hydrogen-bond acceptors (Lipinski definition) is 3. The highest BCUT2D eigenvalue weighted by Crippen LogP contribution is 2.40. The molecular formula is C13H16F3NO2. The van der Waals surface area contributed by atoms with Crippen LogP contribution in [0, 0.1) is 0 Å². The highest BCUT2D eigenvalue weighted by molar-refractivity contribution is 5.49. The Morgan fingerprint density at radius 1 is 1.16 bits per heavy atom. The Morgan fingerprint density at radius 3 is 2.37 bits per heavy atom. The first-order valence-electron chi connectivity index (χ1n) is 6.16. The van der Waals surface area contributed by atoms with Gasteiger partial charge < -0.3 is 14.8 Å². The molecule has 1 aliphatic rings. The summed E-state index contributed by atoms with van der Waals surface area (Å²) in [5, 5.41) is 2.85. The molecule has 1 N–H and O–H groups in total. The average Bonchev–Trinajstić information content (AvgIpc) is 2.58. The Morgan fingerprint density at radius 2 is 1.79 bits per heavy atom. The molecule has 2 rings (SSSR count). The molecule has 3 nitrogen and oxygen atoms in total. The monoisotopic (exact) mass is 275 g/mol. The van der Waals surface area contributed by atoms with Crippen molar-refractivity contribution in [1.82, 2.24) is 5.32 Å². The van der Waals surface area contributed by atoms with Crippen LogP contribution in [0.5, 0.6) is 11.5 Å². The number of rotatable bonds is 3. The van der Waals surface area contributed by atoms with Gasteiger partial charge >= 0.3 is 6.18 Å². The third kappa shape index (κ3) is 3.32. The predicted molar refractivity (Wildman–Crippen MR) is 64.7 cm³/mol. The van der Waals surface area contributed by atoms with Crippen molar-refractivity contribution in [3.8, 4) is 11.5 Å². The van der Waals surface area contributed by atoms with Gasteiger partial charge in [-0.15, -0.1) is 0 Å². The second-order valence-electron chi connectivity index (χ2n) is 4.36. The summed E-state index contributed by atoms with van der Waals surface area (Å²) in [7, 11) is 1.70. The summed E-state index contributed by atoms with van der Waals surface area (Å²) in [4.78, 5) is 0. The molecule has 0 unspecified atom stereocenters. The molecule has 1 aromatic carbocycles. The zero-order chi connectivity index (χ0) is 13.9. The minimum absolute atomic E-state index is 0.179. The molecule has 0 saturated carbocycles. The maximum atomic E-state index is 13.0. The second kappa shape index (κ2) is 5.69. The lowest BCUT2D eigenvalue weighted by Gasteiger charge is -2.16. The maximum Gasteiger partial charge on any atom is 0.416 e. The van der Waals surface area contributed by atoms with Gasteiger partial charge in [-0.3, -0.25) is 0 Å². The summed E-state index contributed by atoms with van der Waals surface area (Å²) in [6, 6.07) is 2.49. The Labute approximate surface area is 109 Å². The van der Waals surface area contributed by atoms with Crippen LogP contribution in [0.1, 0.15) is 17.5 Å². The van der Waals surface area contributed by atoms with Crippen molar-refractivity contribution in [3.05, 3.63) is 23.3 Å². The number of halogens is 3. The van der Waals surface area contributed by atoms with Crippen molar-refractivity contribution in [2.24, 2.45) is 0 Å². The van der Waals surface area contributed by atoms with Gasteiger partial charge in [0.25, 0.3) is 0 Å². The molecule has 0 aromatic heterocycles. The Balaban J connectivity index is 2.41. The number of ether oxygens (including phenoxy) is 2. The topological polar surface area (TPSA) is 30.5 Å². The van der Waals surface area contributed by atoms with Crippen LogP contribution in [0.3, 0.4) is 0 Å². The van der Waals surface area contributed by atoms with Crippen LogP contribution in [0.25, 0.3) is 0 Å². The van der Waals surface area contributed by atoms with E-state index < -0.39 is 11.7 Å². The minimum Gasteiger partial charge on any atom is -0.490 e. The van der Waals surface area contributed by atoms with E-state index in [-0.39, 0.29) is 11.3 Å². The summed E-state index contributed by atoms with van der Waals surface area (Å²) in [6.07, 6.45) is -3.42. The lowest BCUT2D eigenvalue weighted by atomic mass is 10.0. The van der Waals surface area contributed by atoms with Crippen molar-refractivity contribution >= 4 is 0 Å². The van der Waals surface area contributed by atoms with Crippen molar-refractivity contribution in [2.75, 3.05) is 26.8 Å². The third-order valence-electron chi connectivity index (χ3n) is 2.92. The predicted octanol–water partition coefficient (Wildman–Crippen LogP) is 2.63. The van der Waals surface area contributed by atoms with Gasteiger partial charge in [-0.05, 0) is 37.7 Å². The minimum atomic E-state index is -4.38. The molecule has 0 fully saturated rings. The zero-order valence-electron chi connectivity index (χ0n) is 10.6. The van der Waals surface area contributed by atoms with Gasteiger partial charge in [0.2, 0.25) is 0 Å². The molecule has 19 heavy (non-hydrogen) atoms. The molecule has 6 heteroatoms. The number of hydrogen-bond donors (Lipinski definition) is 1. The van der Waals surface area contributed by atoms with E-state index in [2.05, 4.69) is 5.32 Å². The highest BCUT2D eigenvalue weighted by atomic mass is 19.4. The molecular weight excluding hydrogens is 259 g/mol. The van der Waals surface area contributed by atoms with Gasteiger partial charge in [0.1, 0.15) is 0 Å². The smallest absolute Gasteiger partial charge is 0.416 e. The van der Waals surface area contributed by atoms with Crippen LogP contribution in [0.15, 0.2) is 12.1 Å². The number of alkyl halides is 3. The molecule has 0 saturated heterocycles. The first-order valence-corrected chi connectivity index (χ1v) is 6.16. The standard InChI is InChI=1S/C13H16F3NO2/c1-17-4-3-9-7-11-12(19-6-2-5-18-11)8-10(9)13(14,15)16/h7-8,17H,2-6H2,1H3. The van der Waals surface area contributed by atoms with Crippen LogP contribution >= 0.6 is 0 Å². The fourth-order valence-corrected chi connectivity index (χ4v) is 1.98. The van der Waals surface area contributed by atoms with E-state index in [1.54, 1.807) is 7.05 Å². The first kappa shape index (κ1) is 14.0. The number of nitrogens with one attached hydrogen (secondary N) is 1. The molecule has 1 heterocycles. The van der Waals surface area contributed by atoms with Gasteiger partial charge in [0, 0.05) is 6.42 Å². The van der Waals surface area contributed by atoms with Crippen LogP contribution in [0.4, 0.5) is 13.2 Å². The maximum absolute atomic E-state index is 13.0. The quantitative estimate of drug-likeness (QED) is 0.920. The molecule has 0 atom stereocenters. The molecule has 0 amide bonds. The van der Waals surface area contributed by atoms with Crippen LogP contribution < -0.4 is 14.8 Å². The Kier molecular flexibility index (Phi) is 4.19. The van der Waals surface area contributed by atoms with Crippen molar-refractivity contribution in [1.29, 1.82) is 0 Å². The van der Waals surface area contributed by atoms with Gasteiger partial charge in [0.05, 0.1) is 18.8 Å². The van der Waals surface area contributed by atoms with E-state index in [0.29, 0.717) is 38.3 Å². The first-order chi connectivity index (χ1) is 9.02. The van der Waals surface area contributed by atoms with E-state index >= 15 is 0 Å². The van der Waals surface area contributed by atoms with Crippen molar-refractivity contribution in [2.45, 2.75) is 19.0 Å². The Bertz CT molecular complexity index is 446. The molecule has 0 aliphatic carbocycles. The van der Waals surface area contributed by atoms with E-state index in [9.17, 15) is 13.2 Å². The van der Waals surface area contributed by atoms with Crippen molar-refractivity contribution < 1.29 is 22.6 Å². The zero-order valence-corrected chi connectivity index (χ0v) is 10.6. The fraction of sp³-hybridized carbons (Fsp3) is 0.538. The van der Waals surface area contributed by atoms with Gasteiger partial charge in [-0.25, -0.2) is 0 Å². The SMILES string of the molecule is CNCCc1cc2c(cc1C(F)(F)F)OCCCO2. The largest absolute Gasteiger partial charge is 0.490 e. The number of fused-ring (bicyclic) bond motifs is 1. The average molecular weight is 275 g/mol. The van der Waals surface area contributed by atoms with E-state index in [1.807, 2.05) is 0 Å². The van der Waals surface area contributed by atoms with Crippen molar-refractivity contribution in [3.63, 3.8) is 0 Å². The lowest BCUT2D eigenvalue weighted by molar-refractivity contribution is -0.138. The lowest BCUT2D eigenvalue weighted by Crippen LogP contribution is -2.15. The summed E-state index contributed by atoms with van der Waals surface area (Å²) in [6.45, 7) is 1.31. The van der Waals surface area contributed by atoms with E-state index in [1.165, 1.54) is 6.07 Å². The third-order valence-corrected chi connectivity index (χ3v) is 2.92. The molecule has 106 valence electrons. The van der Waals surface area contributed by atoms with E-state index in [4.69, 9.17) is 9.47 Å². The molecule has 0 radical (unpaired) electrons. The Hall–Kier alpha value is -1.43. The van der Waals surface area contributed by atoms with Crippen LogP contribution in [0.2, 0.25) is 0 Å². The summed E-state index contributed by atoms with van der Waals surface area (Å²) < 4.78 is 49.8. The number of likely N-dealkylation sites (N-methyl/N-ethyl adjacent to an activating group) is 1. The molecule has 0 bridgehead atoms. The van der Waals surface area contributed by atoms with Crippen LogP contribution in [-0.2, 0) is 12.6 Å². The summed E-state index contributed by atoms with van der Waals surface area (Å²) in [5.74, 6) is 0.578. The van der Waals surface area contributed by atoms with Gasteiger partial charge in [0.15, 0.2) is 11.5 Å². The molecule has 1 aromatic rings. The summed E-state index contributed by atoms with van der Waals surface area (Å²) in [5.41, 5.74) is -0.418. The normalized spacial score (nSPS) is 15.2. The van der Waals surface area contributed by atoms with Gasteiger partial charge in [-0.2, -0.15) is 13.2 Å². The fourth-order valence-electron chi connectivity index (χ4n) is 1.98. The van der Waals surface area contributed by atoms with Gasteiger partial charge in [-0.1, -0.05) is 0 Å². The number of benzene rings is 1.